The van der Waals surface area contributed by atoms with Crippen LogP contribution in [0.2, 0.25) is 0 Å². The molecule has 4 heteroatoms. The van der Waals surface area contributed by atoms with Gasteiger partial charge in [-0.05, 0) is 38.9 Å². The lowest BCUT2D eigenvalue weighted by Crippen LogP contribution is -2.41. The number of hydrogen-bond acceptors (Lipinski definition) is 4. The molecule has 3 nitrogen and oxygen atoms in total. The summed E-state index contributed by atoms with van der Waals surface area (Å²) in [5, 5.41) is 6.72. The molecule has 0 aliphatic carbocycles. The van der Waals surface area contributed by atoms with E-state index in [1.54, 1.807) is 11.3 Å². The van der Waals surface area contributed by atoms with Crippen LogP contribution in [0.25, 0.3) is 11.3 Å². The van der Waals surface area contributed by atoms with Crippen LogP contribution in [0.5, 0.6) is 0 Å². The average molecular weight is 287 g/mol. The van der Waals surface area contributed by atoms with E-state index in [-0.39, 0.29) is 0 Å². The highest BCUT2D eigenvalue weighted by Gasteiger charge is 2.20. The van der Waals surface area contributed by atoms with Crippen molar-refractivity contribution in [2.45, 2.75) is 25.8 Å². The van der Waals surface area contributed by atoms with Gasteiger partial charge < -0.3 is 10.2 Å². The maximum Gasteiger partial charge on any atom is 0.185 e. The smallest absolute Gasteiger partial charge is 0.185 e. The zero-order chi connectivity index (χ0) is 13.9. The number of aryl methyl sites for hydroxylation is 1. The predicted octanol–water partition coefficient (Wildman–Crippen LogP) is 3.31. The number of thiazole rings is 1. The van der Waals surface area contributed by atoms with Gasteiger partial charge in [-0.25, -0.2) is 4.98 Å². The lowest BCUT2D eigenvalue weighted by atomic mass is 10.1. The van der Waals surface area contributed by atoms with Crippen LogP contribution in [0, 0.1) is 6.92 Å². The fraction of sp³-hybridized carbons (Fsp3) is 0.438. The Morgan fingerprint density at radius 2 is 2.10 bits per heavy atom. The van der Waals surface area contributed by atoms with E-state index in [0.29, 0.717) is 6.04 Å². The van der Waals surface area contributed by atoms with E-state index in [2.05, 4.69) is 53.8 Å². The Morgan fingerprint density at radius 3 is 2.85 bits per heavy atom. The molecule has 1 aromatic heterocycles. The van der Waals surface area contributed by atoms with E-state index in [0.717, 1.165) is 23.9 Å². The maximum absolute atomic E-state index is 4.82. The minimum Gasteiger partial charge on any atom is -0.348 e. The second kappa shape index (κ2) is 5.94. The Morgan fingerprint density at radius 1 is 1.30 bits per heavy atom. The van der Waals surface area contributed by atoms with Crippen LogP contribution in [0.4, 0.5) is 5.13 Å². The number of benzene rings is 1. The van der Waals surface area contributed by atoms with E-state index in [9.17, 15) is 0 Å². The first-order valence-electron chi connectivity index (χ1n) is 7.20. The van der Waals surface area contributed by atoms with Gasteiger partial charge in [0.1, 0.15) is 0 Å². The molecule has 0 spiro atoms. The molecular weight excluding hydrogens is 266 g/mol. The number of piperidine rings is 1. The Labute approximate surface area is 124 Å². The second-order valence-corrected chi connectivity index (χ2v) is 6.31. The monoisotopic (exact) mass is 287 g/mol. The zero-order valence-electron chi connectivity index (χ0n) is 12.1. The summed E-state index contributed by atoms with van der Waals surface area (Å²) in [6.07, 6.45) is 2.41. The van der Waals surface area contributed by atoms with E-state index in [1.165, 1.54) is 24.0 Å². The molecule has 2 heterocycles. The second-order valence-electron chi connectivity index (χ2n) is 5.48. The standard InChI is InChI=1S/C16H21N3S/c1-12-4-3-5-13(10-12)15-11-20-16(18-15)19(2)14-6-8-17-9-7-14/h3-5,10-11,14,17H,6-9H2,1-2H3. The van der Waals surface area contributed by atoms with Gasteiger partial charge in [0.15, 0.2) is 5.13 Å². The molecule has 0 radical (unpaired) electrons. The van der Waals surface area contributed by atoms with Crippen molar-refractivity contribution in [1.29, 1.82) is 0 Å². The number of rotatable bonds is 3. The third kappa shape index (κ3) is 2.86. The number of nitrogens with zero attached hydrogens (tertiary/aromatic N) is 2. The van der Waals surface area contributed by atoms with Gasteiger partial charge in [-0.1, -0.05) is 23.8 Å². The summed E-state index contributed by atoms with van der Waals surface area (Å²) >= 11 is 1.75. The van der Waals surface area contributed by atoms with Crippen LogP contribution in [0.3, 0.4) is 0 Å². The number of anilines is 1. The van der Waals surface area contributed by atoms with Gasteiger partial charge in [0.25, 0.3) is 0 Å². The minimum atomic E-state index is 0.618. The Hall–Kier alpha value is -1.39. The normalized spacial score (nSPS) is 16.3. The van der Waals surface area contributed by atoms with Crippen LogP contribution in [0.1, 0.15) is 18.4 Å². The van der Waals surface area contributed by atoms with E-state index in [1.807, 2.05) is 0 Å². The van der Waals surface area contributed by atoms with Crippen molar-refractivity contribution >= 4 is 16.5 Å². The van der Waals surface area contributed by atoms with Gasteiger partial charge in [0.2, 0.25) is 0 Å². The summed E-state index contributed by atoms with van der Waals surface area (Å²) in [4.78, 5) is 7.17. The number of nitrogens with one attached hydrogen (secondary N) is 1. The van der Waals surface area contributed by atoms with Crippen molar-refractivity contribution in [3.05, 3.63) is 35.2 Å². The first kappa shape index (κ1) is 13.6. The molecule has 1 aliphatic rings. The van der Waals surface area contributed by atoms with Crippen LogP contribution in [0.15, 0.2) is 29.6 Å². The third-order valence-corrected chi connectivity index (χ3v) is 4.90. The predicted molar refractivity (Wildman–Crippen MR) is 86.6 cm³/mol. The molecule has 1 saturated heterocycles. The molecule has 3 rings (SSSR count). The molecule has 0 atom stereocenters. The molecule has 0 bridgehead atoms. The summed E-state index contributed by atoms with van der Waals surface area (Å²) in [6.45, 7) is 4.36. The molecule has 1 aliphatic heterocycles. The molecule has 2 aromatic rings. The fourth-order valence-electron chi connectivity index (χ4n) is 2.71. The number of hydrogen-bond donors (Lipinski definition) is 1. The summed E-state index contributed by atoms with van der Waals surface area (Å²) in [6, 6.07) is 9.17. The van der Waals surface area contributed by atoms with E-state index >= 15 is 0 Å². The summed E-state index contributed by atoms with van der Waals surface area (Å²) in [7, 11) is 2.18. The van der Waals surface area contributed by atoms with Crippen molar-refractivity contribution in [2.75, 3.05) is 25.0 Å². The topological polar surface area (TPSA) is 28.2 Å². The highest BCUT2D eigenvalue weighted by atomic mass is 32.1. The van der Waals surface area contributed by atoms with Gasteiger partial charge in [-0.2, -0.15) is 0 Å². The summed E-state index contributed by atoms with van der Waals surface area (Å²) in [5.74, 6) is 0. The highest BCUT2D eigenvalue weighted by molar-refractivity contribution is 7.14. The Kier molecular flexibility index (Phi) is 4.03. The quantitative estimate of drug-likeness (QED) is 0.939. The van der Waals surface area contributed by atoms with E-state index in [4.69, 9.17) is 4.98 Å². The van der Waals surface area contributed by atoms with Gasteiger partial charge in [-0.15, -0.1) is 11.3 Å². The minimum absolute atomic E-state index is 0.618. The molecule has 0 unspecified atom stereocenters. The molecule has 0 saturated carbocycles. The van der Waals surface area contributed by atoms with Crippen LogP contribution in [-0.4, -0.2) is 31.2 Å². The van der Waals surface area contributed by atoms with Crippen LogP contribution in [-0.2, 0) is 0 Å². The van der Waals surface area contributed by atoms with Gasteiger partial charge in [0.05, 0.1) is 5.69 Å². The van der Waals surface area contributed by atoms with Crippen LogP contribution >= 0.6 is 11.3 Å². The molecular formula is C16H21N3S. The lowest BCUT2D eigenvalue weighted by molar-refractivity contribution is 0.443. The number of aromatic nitrogens is 1. The van der Waals surface area contributed by atoms with Crippen molar-refractivity contribution in [1.82, 2.24) is 10.3 Å². The van der Waals surface area contributed by atoms with Gasteiger partial charge in [0, 0.05) is 24.0 Å². The van der Waals surface area contributed by atoms with Gasteiger partial charge >= 0.3 is 0 Å². The SMILES string of the molecule is Cc1cccc(-c2csc(N(C)C3CCNCC3)n2)c1. The zero-order valence-corrected chi connectivity index (χ0v) is 12.9. The maximum atomic E-state index is 4.82. The van der Waals surface area contributed by atoms with Crippen molar-refractivity contribution in [3.8, 4) is 11.3 Å². The first-order valence-corrected chi connectivity index (χ1v) is 8.08. The average Bonchev–Trinajstić information content (AvgIpc) is 2.97. The Balaban J connectivity index is 1.79. The van der Waals surface area contributed by atoms with Crippen molar-refractivity contribution in [3.63, 3.8) is 0 Å². The van der Waals surface area contributed by atoms with Crippen molar-refractivity contribution in [2.24, 2.45) is 0 Å². The van der Waals surface area contributed by atoms with E-state index < -0.39 is 0 Å². The molecule has 20 heavy (non-hydrogen) atoms. The lowest BCUT2D eigenvalue weighted by Gasteiger charge is -2.31. The molecule has 1 fully saturated rings. The molecule has 1 N–H and O–H groups in total. The van der Waals surface area contributed by atoms with Gasteiger partial charge in [-0.3, -0.25) is 0 Å². The summed E-state index contributed by atoms with van der Waals surface area (Å²) < 4.78 is 0. The molecule has 1 aromatic carbocycles. The highest BCUT2D eigenvalue weighted by Crippen LogP contribution is 2.29. The van der Waals surface area contributed by atoms with Crippen molar-refractivity contribution < 1.29 is 0 Å². The first-order chi connectivity index (χ1) is 9.74. The largest absolute Gasteiger partial charge is 0.348 e. The third-order valence-electron chi connectivity index (χ3n) is 3.96. The summed E-state index contributed by atoms with van der Waals surface area (Å²) in [5.41, 5.74) is 3.59. The fourth-order valence-corrected chi connectivity index (χ4v) is 3.59. The molecule has 0 amide bonds. The Bertz CT molecular complexity index is 573. The van der Waals surface area contributed by atoms with Crippen LogP contribution < -0.4 is 10.2 Å². The molecule has 106 valence electrons.